The van der Waals surface area contributed by atoms with Crippen LogP contribution in [0.25, 0.3) is 0 Å². The van der Waals surface area contributed by atoms with Gasteiger partial charge in [0, 0.05) is 26.0 Å². The minimum atomic E-state index is -3.62. The Balaban J connectivity index is 1.98. The van der Waals surface area contributed by atoms with Gasteiger partial charge in [-0.2, -0.15) is 10.2 Å². The van der Waals surface area contributed by atoms with E-state index in [4.69, 9.17) is 0 Å². The van der Waals surface area contributed by atoms with Crippen LogP contribution >= 0.6 is 0 Å². The summed E-state index contributed by atoms with van der Waals surface area (Å²) >= 11 is 0. The summed E-state index contributed by atoms with van der Waals surface area (Å²) in [7, 11) is -1.89. The second-order valence-corrected chi connectivity index (χ2v) is 6.34. The molecule has 21 heavy (non-hydrogen) atoms. The Morgan fingerprint density at radius 3 is 2.71 bits per heavy atom. The van der Waals surface area contributed by atoms with E-state index in [1.807, 2.05) is 6.92 Å². The minimum absolute atomic E-state index is 0.148. The van der Waals surface area contributed by atoms with Crippen molar-refractivity contribution in [2.75, 3.05) is 17.8 Å². The van der Waals surface area contributed by atoms with Crippen LogP contribution in [0.3, 0.4) is 0 Å². The molecule has 0 aliphatic heterocycles. The van der Waals surface area contributed by atoms with Crippen molar-refractivity contribution < 1.29 is 8.42 Å². The molecule has 0 aromatic carbocycles. The predicted molar refractivity (Wildman–Crippen MR) is 79.4 cm³/mol. The van der Waals surface area contributed by atoms with Gasteiger partial charge in [0.2, 0.25) is 0 Å². The third kappa shape index (κ3) is 4.30. The first-order valence-electron chi connectivity index (χ1n) is 6.76. The Morgan fingerprint density at radius 1 is 1.24 bits per heavy atom. The number of aryl methyl sites for hydroxylation is 2. The molecular weight excluding hydrogens is 292 g/mol. The van der Waals surface area contributed by atoms with Crippen LogP contribution < -0.4 is 10.0 Å². The molecule has 0 bridgehead atoms. The van der Waals surface area contributed by atoms with Crippen LogP contribution in [0, 0.1) is 0 Å². The number of aromatic nitrogens is 4. The van der Waals surface area contributed by atoms with Crippen molar-refractivity contribution in [3.05, 3.63) is 24.8 Å². The van der Waals surface area contributed by atoms with E-state index in [-0.39, 0.29) is 4.90 Å². The van der Waals surface area contributed by atoms with Crippen LogP contribution in [0.2, 0.25) is 0 Å². The molecule has 0 fully saturated rings. The number of sulfonamides is 1. The van der Waals surface area contributed by atoms with Gasteiger partial charge in [0.25, 0.3) is 10.0 Å². The monoisotopic (exact) mass is 312 g/mol. The van der Waals surface area contributed by atoms with E-state index in [1.165, 1.54) is 23.3 Å². The summed E-state index contributed by atoms with van der Waals surface area (Å²) in [6, 6.07) is 0. The average molecular weight is 312 g/mol. The first kappa shape index (κ1) is 15.5. The lowest BCUT2D eigenvalue weighted by Crippen LogP contribution is -2.16. The Bertz CT molecular complexity index is 675. The van der Waals surface area contributed by atoms with E-state index >= 15 is 0 Å². The van der Waals surface area contributed by atoms with Crippen LogP contribution in [0.4, 0.5) is 5.69 Å². The molecule has 2 heterocycles. The topological polar surface area (TPSA) is 93.8 Å². The van der Waals surface area contributed by atoms with Crippen molar-refractivity contribution >= 4 is 15.7 Å². The molecule has 2 aromatic rings. The standard InChI is InChI=1S/C12H20N6O2S/c1-3-13-5-4-6-18-10-12(8-15-18)21(19,20)16-11-7-14-17(2)9-11/h7-10,13,16H,3-6H2,1-2H3. The van der Waals surface area contributed by atoms with Gasteiger partial charge >= 0.3 is 0 Å². The van der Waals surface area contributed by atoms with Gasteiger partial charge in [0.15, 0.2) is 0 Å². The van der Waals surface area contributed by atoms with Gasteiger partial charge in [0.05, 0.1) is 18.1 Å². The number of hydrogen-bond donors (Lipinski definition) is 2. The lowest BCUT2D eigenvalue weighted by molar-refractivity contribution is 0.549. The molecule has 2 aromatic heterocycles. The third-order valence-corrected chi connectivity index (χ3v) is 4.20. The highest BCUT2D eigenvalue weighted by molar-refractivity contribution is 7.92. The summed E-state index contributed by atoms with van der Waals surface area (Å²) in [5, 5.41) is 11.2. The zero-order valence-corrected chi connectivity index (χ0v) is 13.0. The van der Waals surface area contributed by atoms with Gasteiger partial charge in [-0.3, -0.25) is 14.1 Å². The van der Waals surface area contributed by atoms with Crippen molar-refractivity contribution in [3.8, 4) is 0 Å². The molecule has 0 saturated heterocycles. The van der Waals surface area contributed by atoms with Crippen molar-refractivity contribution in [1.82, 2.24) is 24.9 Å². The van der Waals surface area contributed by atoms with Gasteiger partial charge in [-0.05, 0) is 19.5 Å². The summed E-state index contributed by atoms with van der Waals surface area (Å²) in [6.07, 6.45) is 6.83. The fourth-order valence-corrected chi connectivity index (χ4v) is 2.82. The maximum Gasteiger partial charge on any atom is 0.265 e. The summed E-state index contributed by atoms with van der Waals surface area (Å²) in [6.45, 7) is 4.53. The maximum absolute atomic E-state index is 12.2. The normalized spacial score (nSPS) is 11.7. The predicted octanol–water partition coefficient (Wildman–Crippen LogP) is 0.417. The van der Waals surface area contributed by atoms with Crippen molar-refractivity contribution in [1.29, 1.82) is 0 Å². The molecule has 0 spiro atoms. The van der Waals surface area contributed by atoms with Gasteiger partial charge in [0.1, 0.15) is 4.90 Å². The molecule has 116 valence electrons. The van der Waals surface area contributed by atoms with Crippen molar-refractivity contribution in [2.24, 2.45) is 7.05 Å². The van der Waals surface area contributed by atoms with Crippen LogP contribution in [0.1, 0.15) is 13.3 Å². The fraction of sp³-hybridized carbons (Fsp3) is 0.500. The molecule has 9 heteroatoms. The molecule has 0 radical (unpaired) electrons. The lowest BCUT2D eigenvalue weighted by Gasteiger charge is -2.03. The molecular formula is C12H20N6O2S. The lowest BCUT2D eigenvalue weighted by atomic mass is 10.4. The largest absolute Gasteiger partial charge is 0.317 e. The Labute approximate surface area is 124 Å². The third-order valence-electron chi connectivity index (χ3n) is 2.87. The summed E-state index contributed by atoms with van der Waals surface area (Å²) in [4.78, 5) is 0.148. The van der Waals surface area contributed by atoms with E-state index in [1.54, 1.807) is 17.9 Å². The average Bonchev–Trinajstić information content (AvgIpc) is 3.04. The van der Waals surface area contributed by atoms with Crippen LogP contribution in [-0.4, -0.2) is 41.1 Å². The highest BCUT2D eigenvalue weighted by Gasteiger charge is 2.17. The Hall–Kier alpha value is -1.87. The zero-order chi connectivity index (χ0) is 15.3. The quantitative estimate of drug-likeness (QED) is 0.689. The fourth-order valence-electron chi connectivity index (χ4n) is 1.84. The maximum atomic E-state index is 12.2. The molecule has 0 saturated carbocycles. The SMILES string of the molecule is CCNCCCn1cc(S(=O)(=O)Nc2cnn(C)c2)cn1. The van der Waals surface area contributed by atoms with Gasteiger partial charge in [-0.15, -0.1) is 0 Å². The van der Waals surface area contributed by atoms with Crippen molar-refractivity contribution in [3.63, 3.8) is 0 Å². The number of nitrogens with zero attached hydrogens (tertiary/aromatic N) is 4. The second kappa shape index (κ2) is 6.72. The van der Waals surface area contributed by atoms with Gasteiger partial charge in [-0.25, -0.2) is 8.42 Å². The van der Waals surface area contributed by atoms with Crippen LogP contribution in [-0.2, 0) is 23.6 Å². The molecule has 0 atom stereocenters. The molecule has 0 aliphatic carbocycles. The molecule has 2 N–H and O–H groups in total. The molecule has 2 rings (SSSR count). The number of anilines is 1. The summed E-state index contributed by atoms with van der Waals surface area (Å²) in [5.41, 5.74) is 0.428. The zero-order valence-electron chi connectivity index (χ0n) is 12.2. The summed E-state index contributed by atoms with van der Waals surface area (Å²) < 4.78 is 30.0. The second-order valence-electron chi connectivity index (χ2n) is 4.65. The van der Waals surface area contributed by atoms with E-state index in [0.29, 0.717) is 12.2 Å². The molecule has 0 unspecified atom stereocenters. The number of hydrogen-bond acceptors (Lipinski definition) is 5. The van der Waals surface area contributed by atoms with E-state index in [0.717, 1.165) is 19.5 Å². The van der Waals surface area contributed by atoms with Crippen molar-refractivity contribution in [2.45, 2.75) is 24.8 Å². The van der Waals surface area contributed by atoms with E-state index in [9.17, 15) is 8.42 Å². The van der Waals surface area contributed by atoms with Crippen LogP contribution in [0.15, 0.2) is 29.7 Å². The van der Waals surface area contributed by atoms with E-state index in [2.05, 4.69) is 20.2 Å². The number of nitrogens with one attached hydrogen (secondary N) is 2. The molecule has 0 amide bonds. The van der Waals surface area contributed by atoms with Gasteiger partial charge < -0.3 is 5.32 Å². The first-order valence-corrected chi connectivity index (χ1v) is 8.24. The Morgan fingerprint density at radius 2 is 2.05 bits per heavy atom. The smallest absolute Gasteiger partial charge is 0.265 e. The Kier molecular flexibility index (Phi) is 4.97. The number of rotatable bonds is 8. The highest BCUT2D eigenvalue weighted by atomic mass is 32.2. The molecule has 0 aliphatic rings. The first-order chi connectivity index (χ1) is 10.0. The molecule has 8 nitrogen and oxygen atoms in total. The van der Waals surface area contributed by atoms with Crippen LogP contribution in [0.5, 0.6) is 0 Å². The minimum Gasteiger partial charge on any atom is -0.317 e. The van der Waals surface area contributed by atoms with Gasteiger partial charge in [-0.1, -0.05) is 6.92 Å². The summed E-state index contributed by atoms with van der Waals surface area (Å²) in [5.74, 6) is 0. The highest BCUT2D eigenvalue weighted by Crippen LogP contribution is 2.14. The van der Waals surface area contributed by atoms with E-state index < -0.39 is 10.0 Å².